The van der Waals surface area contributed by atoms with Crippen molar-refractivity contribution in [2.45, 2.75) is 57.8 Å². The molecule has 0 aromatic rings. The molecular formula is C16H30N2O4. The second-order valence-electron chi connectivity index (χ2n) is 7.28. The molecule has 2 rings (SSSR count). The van der Waals surface area contributed by atoms with Gasteiger partial charge in [-0.1, -0.05) is 0 Å². The monoisotopic (exact) mass is 314 g/mol. The van der Waals surface area contributed by atoms with Crippen molar-refractivity contribution >= 4 is 6.09 Å². The third kappa shape index (κ3) is 5.74. The predicted octanol–water partition coefficient (Wildman–Crippen LogP) is 1.47. The standard InChI is InChI=1S/C16H30N2O4/c1-16(2,3)22-15(20)18-8-6-17(7-9-18)5-4-10-21-14-11-13(19)12-14/h13-14,19H,4-12H2,1-3H3. The van der Waals surface area contributed by atoms with Crippen LogP contribution in [0.2, 0.25) is 0 Å². The van der Waals surface area contributed by atoms with Gasteiger partial charge in [0.15, 0.2) is 0 Å². The molecule has 2 aliphatic rings. The lowest BCUT2D eigenvalue weighted by molar-refractivity contribution is -0.0725. The van der Waals surface area contributed by atoms with Crippen molar-refractivity contribution in [3.8, 4) is 0 Å². The van der Waals surface area contributed by atoms with Gasteiger partial charge in [0, 0.05) is 39.3 Å². The molecular weight excluding hydrogens is 284 g/mol. The summed E-state index contributed by atoms with van der Waals surface area (Å²) in [5.41, 5.74) is -0.430. The second kappa shape index (κ2) is 7.62. The Kier molecular flexibility index (Phi) is 6.06. The molecule has 0 bridgehead atoms. The summed E-state index contributed by atoms with van der Waals surface area (Å²) < 4.78 is 11.1. The van der Waals surface area contributed by atoms with E-state index in [9.17, 15) is 9.90 Å². The Morgan fingerprint density at radius 2 is 1.82 bits per heavy atom. The fourth-order valence-electron chi connectivity index (χ4n) is 2.69. The lowest BCUT2D eigenvalue weighted by Gasteiger charge is -2.36. The highest BCUT2D eigenvalue weighted by Crippen LogP contribution is 2.22. The van der Waals surface area contributed by atoms with E-state index in [0.29, 0.717) is 0 Å². The first-order valence-corrected chi connectivity index (χ1v) is 8.33. The van der Waals surface area contributed by atoms with Gasteiger partial charge in [0.05, 0.1) is 12.2 Å². The van der Waals surface area contributed by atoms with Crippen LogP contribution in [0, 0.1) is 0 Å². The lowest BCUT2D eigenvalue weighted by Crippen LogP contribution is -2.50. The van der Waals surface area contributed by atoms with E-state index in [-0.39, 0.29) is 18.3 Å². The molecule has 128 valence electrons. The van der Waals surface area contributed by atoms with E-state index in [2.05, 4.69) is 4.90 Å². The summed E-state index contributed by atoms with van der Waals surface area (Å²) in [5, 5.41) is 9.19. The van der Waals surface area contributed by atoms with Gasteiger partial charge in [0.1, 0.15) is 5.60 Å². The van der Waals surface area contributed by atoms with Gasteiger partial charge < -0.3 is 19.5 Å². The van der Waals surface area contributed by atoms with E-state index in [1.54, 1.807) is 4.90 Å². The zero-order valence-electron chi connectivity index (χ0n) is 14.1. The SMILES string of the molecule is CC(C)(C)OC(=O)N1CCN(CCCOC2CC(O)C2)CC1. The number of rotatable bonds is 5. The molecule has 1 saturated heterocycles. The Bertz CT molecular complexity index is 356. The minimum absolute atomic E-state index is 0.147. The summed E-state index contributed by atoms with van der Waals surface area (Å²) in [5.74, 6) is 0. The van der Waals surface area contributed by atoms with E-state index in [0.717, 1.165) is 58.6 Å². The lowest BCUT2D eigenvalue weighted by atomic mass is 9.92. The van der Waals surface area contributed by atoms with Gasteiger partial charge in [0.2, 0.25) is 0 Å². The first-order chi connectivity index (χ1) is 10.3. The summed E-state index contributed by atoms with van der Waals surface area (Å²) in [4.78, 5) is 16.1. The highest BCUT2D eigenvalue weighted by atomic mass is 16.6. The Morgan fingerprint density at radius 1 is 1.18 bits per heavy atom. The molecule has 1 aliphatic carbocycles. The number of aliphatic hydroxyl groups is 1. The van der Waals surface area contributed by atoms with Crippen molar-refractivity contribution < 1.29 is 19.4 Å². The third-order valence-electron chi connectivity index (χ3n) is 4.07. The highest BCUT2D eigenvalue weighted by molar-refractivity contribution is 5.68. The molecule has 1 saturated carbocycles. The van der Waals surface area contributed by atoms with Crippen molar-refractivity contribution in [2.24, 2.45) is 0 Å². The van der Waals surface area contributed by atoms with Crippen LogP contribution in [0.3, 0.4) is 0 Å². The molecule has 6 heteroatoms. The summed E-state index contributed by atoms with van der Waals surface area (Å²) in [7, 11) is 0. The maximum absolute atomic E-state index is 12.0. The summed E-state index contributed by atoms with van der Waals surface area (Å²) in [6.45, 7) is 10.7. The Morgan fingerprint density at radius 3 is 2.36 bits per heavy atom. The highest BCUT2D eigenvalue weighted by Gasteiger charge is 2.28. The molecule has 22 heavy (non-hydrogen) atoms. The van der Waals surface area contributed by atoms with Gasteiger partial charge in [-0.3, -0.25) is 4.90 Å². The molecule has 0 aromatic heterocycles. The molecule has 1 N–H and O–H groups in total. The fraction of sp³-hybridized carbons (Fsp3) is 0.938. The van der Waals surface area contributed by atoms with Gasteiger partial charge in [-0.2, -0.15) is 0 Å². The Hall–Kier alpha value is -0.850. The van der Waals surface area contributed by atoms with Gasteiger partial charge >= 0.3 is 6.09 Å². The van der Waals surface area contributed by atoms with Crippen LogP contribution in [0.1, 0.15) is 40.0 Å². The average Bonchev–Trinajstić information content (AvgIpc) is 2.40. The number of aliphatic hydroxyl groups excluding tert-OH is 1. The average molecular weight is 314 g/mol. The molecule has 0 atom stereocenters. The molecule has 2 fully saturated rings. The van der Waals surface area contributed by atoms with Crippen LogP contribution >= 0.6 is 0 Å². The summed E-state index contributed by atoms with van der Waals surface area (Å²) in [6.07, 6.45) is 2.48. The first kappa shape index (κ1) is 17.5. The first-order valence-electron chi connectivity index (χ1n) is 8.33. The zero-order chi connectivity index (χ0) is 16.2. The minimum atomic E-state index is -0.430. The van der Waals surface area contributed by atoms with Crippen molar-refractivity contribution in [3.05, 3.63) is 0 Å². The van der Waals surface area contributed by atoms with Crippen LogP contribution in [0.5, 0.6) is 0 Å². The number of hydrogen-bond donors (Lipinski definition) is 1. The van der Waals surface area contributed by atoms with Gasteiger partial charge in [-0.05, 0) is 40.0 Å². The molecule has 0 aromatic carbocycles. The molecule has 0 radical (unpaired) electrons. The number of hydrogen-bond acceptors (Lipinski definition) is 5. The van der Waals surface area contributed by atoms with Crippen LogP contribution in [-0.2, 0) is 9.47 Å². The fourth-order valence-corrected chi connectivity index (χ4v) is 2.69. The van der Waals surface area contributed by atoms with E-state index < -0.39 is 5.60 Å². The molecule has 1 aliphatic heterocycles. The second-order valence-corrected chi connectivity index (χ2v) is 7.28. The number of carbonyl (C=O) groups is 1. The van der Waals surface area contributed by atoms with E-state index in [1.165, 1.54) is 0 Å². The van der Waals surface area contributed by atoms with Gasteiger partial charge in [0.25, 0.3) is 0 Å². The molecule has 6 nitrogen and oxygen atoms in total. The van der Waals surface area contributed by atoms with Crippen molar-refractivity contribution in [3.63, 3.8) is 0 Å². The number of nitrogens with zero attached hydrogens (tertiary/aromatic N) is 2. The van der Waals surface area contributed by atoms with Crippen LogP contribution < -0.4 is 0 Å². The maximum atomic E-state index is 12.0. The van der Waals surface area contributed by atoms with Gasteiger partial charge in [-0.25, -0.2) is 4.79 Å². The smallest absolute Gasteiger partial charge is 0.410 e. The van der Waals surface area contributed by atoms with Gasteiger partial charge in [-0.15, -0.1) is 0 Å². The van der Waals surface area contributed by atoms with Crippen LogP contribution in [0.15, 0.2) is 0 Å². The predicted molar refractivity (Wildman–Crippen MR) is 83.8 cm³/mol. The number of carbonyl (C=O) groups excluding carboxylic acids is 1. The van der Waals surface area contributed by atoms with Crippen LogP contribution in [0.4, 0.5) is 4.79 Å². The number of amides is 1. The summed E-state index contributed by atoms with van der Waals surface area (Å²) in [6, 6.07) is 0. The van der Waals surface area contributed by atoms with Crippen molar-refractivity contribution in [1.29, 1.82) is 0 Å². The topological polar surface area (TPSA) is 62.2 Å². The molecule has 1 heterocycles. The number of piperazine rings is 1. The third-order valence-corrected chi connectivity index (χ3v) is 4.07. The van der Waals surface area contributed by atoms with Crippen LogP contribution in [-0.4, -0.2) is 78.1 Å². The summed E-state index contributed by atoms with van der Waals surface area (Å²) >= 11 is 0. The molecule has 0 unspecified atom stereocenters. The zero-order valence-corrected chi connectivity index (χ0v) is 14.1. The van der Waals surface area contributed by atoms with Crippen LogP contribution in [0.25, 0.3) is 0 Å². The van der Waals surface area contributed by atoms with Crippen molar-refractivity contribution in [2.75, 3.05) is 39.3 Å². The van der Waals surface area contributed by atoms with Crippen molar-refractivity contribution in [1.82, 2.24) is 9.80 Å². The number of ether oxygens (including phenoxy) is 2. The molecule has 0 spiro atoms. The van der Waals surface area contributed by atoms with E-state index in [1.807, 2.05) is 20.8 Å². The normalized spacial score (nSPS) is 26.6. The largest absolute Gasteiger partial charge is 0.444 e. The minimum Gasteiger partial charge on any atom is -0.444 e. The Labute approximate surface area is 133 Å². The van der Waals surface area contributed by atoms with E-state index in [4.69, 9.17) is 9.47 Å². The Balaban J connectivity index is 1.54. The van der Waals surface area contributed by atoms with E-state index >= 15 is 0 Å². The quantitative estimate of drug-likeness (QED) is 0.779. The molecule has 1 amide bonds. The maximum Gasteiger partial charge on any atom is 0.410 e.